The Morgan fingerprint density at radius 3 is 2.97 bits per heavy atom. The molecule has 1 amide bonds. The first kappa shape index (κ1) is 20.3. The molecule has 2 aromatic heterocycles. The number of H-pyrrole nitrogens is 1. The Balaban J connectivity index is 1.32. The number of benzene rings is 1. The SMILES string of the molecule is CCN1CC(C(=O)NCCCc2cnc[nH]2)C[C@@H]2c3cccc4c3c(cn4CC)C[C@H]21. The summed E-state index contributed by atoms with van der Waals surface area (Å²) >= 11 is 0. The number of aryl methyl sites for hydroxylation is 2. The number of likely N-dealkylation sites (tertiary alicyclic amines) is 1. The molecule has 3 aromatic rings. The van der Waals surface area contributed by atoms with E-state index in [1.165, 1.54) is 22.0 Å². The summed E-state index contributed by atoms with van der Waals surface area (Å²) in [4.78, 5) is 22.8. The Kier molecular flexibility index (Phi) is 5.57. The van der Waals surface area contributed by atoms with Crippen LogP contribution in [0.2, 0.25) is 0 Å². The van der Waals surface area contributed by atoms with Crippen molar-refractivity contribution in [3.05, 3.63) is 53.7 Å². The van der Waals surface area contributed by atoms with Crippen molar-refractivity contribution >= 4 is 16.8 Å². The first-order valence-corrected chi connectivity index (χ1v) is 11.8. The number of rotatable bonds is 7. The van der Waals surface area contributed by atoms with Crippen LogP contribution >= 0.6 is 0 Å². The molecule has 0 spiro atoms. The number of fused-ring (bicyclic) bond motifs is 2. The highest BCUT2D eigenvalue weighted by Crippen LogP contribution is 2.45. The zero-order valence-electron chi connectivity index (χ0n) is 18.6. The van der Waals surface area contributed by atoms with E-state index in [4.69, 9.17) is 0 Å². The van der Waals surface area contributed by atoms with Crippen molar-refractivity contribution in [1.29, 1.82) is 0 Å². The van der Waals surface area contributed by atoms with Gasteiger partial charge in [-0.2, -0.15) is 0 Å². The van der Waals surface area contributed by atoms with Crippen LogP contribution in [0.5, 0.6) is 0 Å². The molecule has 6 heteroatoms. The first-order valence-electron chi connectivity index (χ1n) is 11.8. The number of aromatic amines is 1. The van der Waals surface area contributed by atoms with Gasteiger partial charge < -0.3 is 14.9 Å². The zero-order valence-corrected chi connectivity index (χ0v) is 18.6. The van der Waals surface area contributed by atoms with Crippen LogP contribution in [-0.2, 0) is 24.2 Å². The van der Waals surface area contributed by atoms with Crippen molar-refractivity contribution in [1.82, 2.24) is 24.8 Å². The molecule has 1 aliphatic carbocycles. The number of hydrogen-bond acceptors (Lipinski definition) is 3. The lowest BCUT2D eigenvalue weighted by Gasteiger charge is -2.46. The lowest BCUT2D eigenvalue weighted by atomic mass is 9.72. The monoisotopic (exact) mass is 419 g/mol. The standard InChI is InChI=1S/C25H33N5O/c1-3-29-14-17-12-23-21(20-8-5-9-22(29)24(17)20)11-18(15-30(23)4-2)25(31)27-10-6-7-19-13-26-16-28-19/h5,8-9,13-14,16,18,21,23H,3-4,6-7,10-12,15H2,1-2H3,(H,26,28)(H,27,31)/t18?,21-,23-/m1/s1. The Labute approximate surface area is 184 Å². The number of aromatic nitrogens is 3. The number of piperidine rings is 1. The lowest BCUT2D eigenvalue weighted by Crippen LogP contribution is -2.53. The van der Waals surface area contributed by atoms with Crippen LogP contribution in [0.1, 0.15) is 49.4 Å². The van der Waals surface area contributed by atoms with E-state index in [1.807, 2.05) is 6.20 Å². The molecule has 2 aliphatic rings. The number of carbonyl (C=O) groups is 1. The molecule has 0 bridgehead atoms. The fraction of sp³-hybridized carbons (Fsp3) is 0.520. The van der Waals surface area contributed by atoms with Crippen molar-refractivity contribution < 1.29 is 4.79 Å². The minimum absolute atomic E-state index is 0.0541. The molecule has 2 N–H and O–H groups in total. The summed E-state index contributed by atoms with van der Waals surface area (Å²) in [7, 11) is 0. The van der Waals surface area contributed by atoms with Gasteiger partial charge in [-0.3, -0.25) is 9.69 Å². The second kappa shape index (κ2) is 8.50. The Hall–Kier alpha value is -2.60. The van der Waals surface area contributed by atoms with E-state index in [0.717, 1.165) is 51.0 Å². The van der Waals surface area contributed by atoms with E-state index < -0.39 is 0 Å². The highest BCUT2D eigenvalue weighted by molar-refractivity contribution is 5.89. The molecule has 0 saturated carbocycles. The molecular formula is C25H33N5O. The van der Waals surface area contributed by atoms with Crippen LogP contribution in [0, 0.1) is 5.92 Å². The number of nitrogens with zero attached hydrogens (tertiary/aromatic N) is 3. The maximum Gasteiger partial charge on any atom is 0.224 e. The van der Waals surface area contributed by atoms with Gasteiger partial charge in [0.25, 0.3) is 0 Å². The predicted octanol–water partition coefficient (Wildman–Crippen LogP) is 3.48. The fourth-order valence-corrected chi connectivity index (χ4v) is 5.85. The third-order valence-electron chi connectivity index (χ3n) is 7.37. The molecular weight excluding hydrogens is 386 g/mol. The molecule has 164 valence electrons. The van der Waals surface area contributed by atoms with Gasteiger partial charge in [0.2, 0.25) is 5.91 Å². The highest BCUT2D eigenvalue weighted by atomic mass is 16.1. The summed E-state index contributed by atoms with van der Waals surface area (Å²) in [6.45, 7) is 8.01. The summed E-state index contributed by atoms with van der Waals surface area (Å²) in [5, 5.41) is 4.65. The third-order valence-corrected chi connectivity index (χ3v) is 7.37. The molecule has 31 heavy (non-hydrogen) atoms. The van der Waals surface area contributed by atoms with Gasteiger partial charge in [0.1, 0.15) is 0 Å². The predicted molar refractivity (Wildman–Crippen MR) is 123 cm³/mol. The van der Waals surface area contributed by atoms with Gasteiger partial charge in [-0.15, -0.1) is 0 Å². The summed E-state index contributed by atoms with van der Waals surface area (Å²) in [6.07, 6.45) is 9.80. The van der Waals surface area contributed by atoms with E-state index in [0.29, 0.717) is 18.5 Å². The van der Waals surface area contributed by atoms with Crippen molar-refractivity contribution in [3.63, 3.8) is 0 Å². The number of nitrogens with one attached hydrogen (secondary N) is 2. The van der Waals surface area contributed by atoms with Crippen molar-refractivity contribution in [2.24, 2.45) is 5.92 Å². The summed E-state index contributed by atoms with van der Waals surface area (Å²) in [5.74, 6) is 0.697. The number of carbonyl (C=O) groups excluding carboxylic acids is 1. The van der Waals surface area contributed by atoms with Gasteiger partial charge in [0.15, 0.2) is 0 Å². The topological polar surface area (TPSA) is 66.0 Å². The van der Waals surface area contributed by atoms with Gasteiger partial charge in [0.05, 0.1) is 12.2 Å². The van der Waals surface area contributed by atoms with Crippen LogP contribution in [0.25, 0.3) is 10.9 Å². The number of imidazole rings is 1. The molecule has 6 nitrogen and oxygen atoms in total. The Morgan fingerprint density at radius 1 is 1.29 bits per heavy atom. The molecule has 1 aromatic carbocycles. The summed E-state index contributed by atoms with van der Waals surface area (Å²) < 4.78 is 2.38. The van der Waals surface area contributed by atoms with Crippen LogP contribution < -0.4 is 5.32 Å². The van der Waals surface area contributed by atoms with E-state index in [-0.39, 0.29) is 11.8 Å². The smallest absolute Gasteiger partial charge is 0.224 e. The van der Waals surface area contributed by atoms with E-state index in [2.05, 4.69) is 63.0 Å². The molecule has 5 rings (SSSR count). The maximum absolute atomic E-state index is 13.1. The Morgan fingerprint density at radius 2 is 2.19 bits per heavy atom. The van der Waals surface area contributed by atoms with E-state index >= 15 is 0 Å². The van der Waals surface area contributed by atoms with Crippen molar-refractivity contribution in [2.75, 3.05) is 19.6 Å². The average Bonchev–Trinajstić information content (AvgIpc) is 3.45. The highest BCUT2D eigenvalue weighted by Gasteiger charge is 2.42. The fourth-order valence-electron chi connectivity index (χ4n) is 5.85. The molecule has 1 fully saturated rings. The maximum atomic E-state index is 13.1. The first-order chi connectivity index (χ1) is 15.2. The van der Waals surface area contributed by atoms with Gasteiger partial charge in [-0.25, -0.2) is 4.98 Å². The second-order valence-electron chi connectivity index (χ2n) is 9.05. The normalized spacial score (nSPS) is 23.1. The van der Waals surface area contributed by atoms with Crippen molar-refractivity contribution in [2.45, 2.75) is 58.0 Å². The van der Waals surface area contributed by atoms with Gasteiger partial charge in [-0.05, 0) is 56.3 Å². The summed E-state index contributed by atoms with van der Waals surface area (Å²) in [5.41, 5.74) is 5.40. The van der Waals surface area contributed by atoms with Crippen molar-refractivity contribution in [3.8, 4) is 0 Å². The molecule has 1 aliphatic heterocycles. The van der Waals surface area contributed by atoms with Gasteiger partial charge in [-0.1, -0.05) is 19.1 Å². The van der Waals surface area contributed by atoms with Crippen LogP contribution in [0.4, 0.5) is 0 Å². The molecule has 3 heterocycles. The van der Waals surface area contributed by atoms with Gasteiger partial charge in [0, 0.05) is 60.6 Å². The molecule has 0 radical (unpaired) electrons. The Bertz CT molecular complexity index is 1050. The number of hydrogen-bond donors (Lipinski definition) is 2. The van der Waals surface area contributed by atoms with E-state index in [9.17, 15) is 4.79 Å². The third kappa shape index (κ3) is 3.67. The van der Waals surface area contributed by atoms with Gasteiger partial charge >= 0.3 is 0 Å². The second-order valence-corrected chi connectivity index (χ2v) is 9.05. The molecule has 1 saturated heterocycles. The molecule has 1 unspecified atom stereocenters. The largest absolute Gasteiger partial charge is 0.356 e. The number of likely N-dealkylation sites (N-methyl/N-ethyl adjacent to an activating group) is 1. The lowest BCUT2D eigenvalue weighted by molar-refractivity contribution is -0.127. The van der Waals surface area contributed by atoms with E-state index in [1.54, 1.807) is 6.33 Å². The number of amides is 1. The summed E-state index contributed by atoms with van der Waals surface area (Å²) in [6, 6.07) is 7.25. The average molecular weight is 420 g/mol. The molecule has 3 atom stereocenters. The minimum Gasteiger partial charge on any atom is -0.356 e. The minimum atomic E-state index is 0.0541. The van der Waals surface area contributed by atoms with Crippen LogP contribution in [0.3, 0.4) is 0 Å². The zero-order chi connectivity index (χ0) is 21.4. The van der Waals surface area contributed by atoms with Crippen LogP contribution in [0.15, 0.2) is 36.9 Å². The quantitative estimate of drug-likeness (QED) is 0.576. The van der Waals surface area contributed by atoms with Crippen LogP contribution in [-0.4, -0.2) is 51.0 Å².